The monoisotopic (exact) mass is 336 g/mol. The number of carboxylic acids is 1. The van der Waals surface area contributed by atoms with Gasteiger partial charge in [0.1, 0.15) is 18.5 Å². The first-order valence-electron chi connectivity index (χ1n) is 7.31. The van der Waals surface area contributed by atoms with Crippen LogP contribution >= 0.6 is 11.3 Å². The van der Waals surface area contributed by atoms with Crippen molar-refractivity contribution in [2.45, 2.75) is 25.5 Å². The number of ether oxygens (including phenoxy) is 1. The van der Waals surface area contributed by atoms with E-state index >= 15 is 0 Å². The zero-order chi connectivity index (χ0) is 16.7. The number of rotatable bonds is 9. The fourth-order valence-electron chi connectivity index (χ4n) is 1.94. The Balaban J connectivity index is 1.68. The summed E-state index contributed by atoms with van der Waals surface area (Å²) in [6.45, 7) is 2.57. The number of benzene rings is 1. The summed E-state index contributed by atoms with van der Waals surface area (Å²) in [7, 11) is 0. The Morgan fingerprint density at radius 3 is 2.78 bits per heavy atom. The maximum absolute atomic E-state index is 10.8. The number of aromatic nitrogens is 1. The highest BCUT2D eigenvalue weighted by Crippen LogP contribution is 2.12. The average Bonchev–Trinajstić information content (AvgIpc) is 3.00. The van der Waals surface area contributed by atoms with Crippen LogP contribution in [0.15, 0.2) is 35.7 Å². The summed E-state index contributed by atoms with van der Waals surface area (Å²) in [5, 5.41) is 24.3. The Morgan fingerprint density at radius 1 is 1.39 bits per heavy atom. The summed E-state index contributed by atoms with van der Waals surface area (Å²) in [5.74, 6) is -0.287. The molecule has 23 heavy (non-hydrogen) atoms. The lowest BCUT2D eigenvalue weighted by molar-refractivity contribution is 0.0691. The lowest BCUT2D eigenvalue weighted by Gasteiger charge is -2.17. The molecule has 0 fully saturated rings. The van der Waals surface area contributed by atoms with Crippen LogP contribution in [0, 0.1) is 0 Å². The van der Waals surface area contributed by atoms with E-state index in [1.54, 1.807) is 0 Å². The third kappa shape index (κ3) is 5.97. The van der Waals surface area contributed by atoms with E-state index in [1.807, 2.05) is 37.3 Å². The molecule has 2 rings (SSSR count). The van der Waals surface area contributed by atoms with E-state index in [0.717, 1.165) is 10.8 Å². The minimum absolute atomic E-state index is 0.0773. The number of aromatic carboxylic acids is 1. The molecule has 124 valence electrons. The topological polar surface area (TPSA) is 91.7 Å². The quantitative estimate of drug-likeness (QED) is 0.647. The number of para-hydroxylation sites is 1. The van der Waals surface area contributed by atoms with Gasteiger partial charge in [0.05, 0.1) is 5.01 Å². The van der Waals surface area contributed by atoms with Crippen LogP contribution in [0.5, 0.6) is 5.75 Å². The highest BCUT2D eigenvalue weighted by Gasteiger charge is 2.13. The van der Waals surface area contributed by atoms with Crippen LogP contribution in [0.25, 0.3) is 0 Å². The predicted molar refractivity (Wildman–Crippen MR) is 88.2 cm³/mol. The van der Waals surface area contributed by atoms with Gasteiger partial charge in [-0.25, -0.2) is 9.78 Å². The summed E-state index contributed by atoms with van der Waals surface area (Å²) in [4.78, 5) is 14.8. The highest BCUT2D eigenvalue weighted by molar-refractivity contribution is 7.09. The fraction of sp³-hybridized carbons (Fsp3) is 0.375. The zero-order valence-electron chi connectivity index (χ0n) is 12.8. The van der Waals surface area contributed by atoms with Crippen molar-refractivity contribution in [3.63, 3.8) is 0 Å². The Labute approximate surface area is 138 Å². The molecule has 0 saturated carbocycles. The van der Waals surface area contributed by atoms with Gasteiger partial charge in [-0.1, -0.05) is 18.2 Å². The second kappa shape index (κ2) is 8.61. The van der Waals surface area contributed by atoms with Crippen LogP contribution in [0.4, 0.5) is 0 Å². The van der Waals surface area contributed by atoms with Crippen molar-refractivity contribution in [1.29, 1.82) is 0 Å². The predicted octanol–water partition coefficient (Wildman–Crippen LogP) is 1.80. The van der Waals surface area contributed by atoms with Crippen molar-refractivity contribution in [3.8, 4) is 5.75 Å². The van der Waals surface area contributed by atoms with Gasteiger partial charge < -0.3 is 20.3 Å². The Bertz CT molecular complexity index is 618. The molecule has 2 atom stereocenters. The molecule has 3 N–H and O–H groups in total. The normalized spacial score (nSPS) is 13.5. The molecule has 0 aliphatic carbocycles. The fourth-order valence-corrected chi connectivity index (χ4v) is 2.84. The minimum atomic E-state index is -1.01. The van der Waals surface area contributed by atoms with Crippen molar-refractivity contribution in [2.75, 3.05) is 13.2 Å². The average molecular weight is 336 g/mol. The van der Waals surface area contributed by atoms with E-state index in [4.69, 9.17) is 9.84 Å². The van der Waals surface area contributed by atoms with Crippen molar-refractivity contribution in [3.05, 3.63) is 46.4 Å². The molecular formula is C16H20N2O4S. The second-order valence-corrected chi connectivity index (χ2v) is 6.17. The van der Waals surface area contributed by atoms with E-state index in [1.165, 1.54) is 16.7 Å². The number of thiazole rings is 1. The molecule has 0 aliphatic rings. The SMILES string of the molecule is CC(Cc1nc(C(=O)O)cs1)NCC(O)COc1ccccc1. The Kier molecular flexibility index (Phi) is 6.52. The first-order valence-corrected chi connectivity index (χ1v) is 8.19. The largest absolute Gasteiger partial charge is 0.491 e. The highest BCUT2D eigenvalue weighted by atomic mass is 32.1. The van der Waals surface area contributed by atoms with Gasteiger partial charge in [-0.2, -0.15) is 0 Å². The smallest absolute Gasteiger partial charge is 0.355 e. The van der Waals surface area contributed by atoms with E-state index in [2.05, 4.69) is 10.3 Å². The molecule has 0 amide bonds. The molecule has 7 heteroatoms. The third-order valence-corrected chi connectivity index (χ3v) is 4.01. The van der Waals surface area contributed by atoms with Gasteiger partial charge in [0.25, 0.3) is 0 Å². The maximum atomic E-state index is 10.8. The number of hydrogen-bond acceptors (Lipinski definition) is 6. The summed E-state index contributed by atoms with van der Waals surface area (Å²) >= 11 is 1.33. The molecule has 6 nitrogen and oxygen atoms in total. The maximum Gasteiger partial charge on any atom is 0.355 e. The van der Waals surface area contributed by atoms with E-state index in [9.17, 15) is 9.90 Å². The number of nitrogens with one attached hydrogen (secondary N) is 1. The number of hydrogen-bond donors (Lipinski definition) is 3. The molecule has 0 saturated heterocycles. The lowest BCUT2D eigenvalue weighted by Crippen LogP contribution is -2.37. The molecule has 2 aromatic rings. The van der Waals surface area contributed by atoms with Crippen LogP contribution in [0.3, 0.4) is 0 Å². The van der Waals surface area contributed by atoms with Gasteiger partial charge >= 0.3 is 5.97 Å². The summed E-state index contributed by atoms with van der Waals surface area (Å²) in [6, 6.07) is 9.41. The standard InChI is InChI=1S/C16H20N2O4S/c1-11(7-15-18-14(10-23-15)16(20)21)17-8-12(19)9-22-13-5-3-2-4-6-13/h2-6,10-12,17,19H,7-9H2,1H3,(H,20,21). The van der Waals surface area contributed by atoms with Crippen LogP contribution in [0.2, 0.25) is 0 Å². The van der Waals surface area contributed by atoms with Gasteiger partial charge in [-0.05, 0) is 19.1 Å². The zero-order valence-corrected chi connectivity index (χ0v) is 13.6. The number of carbonyl (C=O) groups is 1. The van der Waals surface area contributed by atoms with Crippen molar-refractivity contribution in [2.24, 2.45) is 0 Å². The van der Waals surface area contributed by atoms with Crippen LogP contribution in [0.1, 0.15) is 22.4 Å². The molecule has 1 aromatic heterocycles. The van der Waals surface area contributed by atoms with Crippen LogP contribution in [-0.2, 0) is 6.42 Å². The first-order chi connectivity index (χ1) is 11.0. The van der Waals surface area contributed by atoms with Crippen molar-refractivity contribution < 1.29 is 19.7 Å². The molecule has 1 aromatic carbocycles. The Hall–Kier alpha value is -1.96. The van der Waals surface area contributed by atoms with E-state index in [-0.39, 0.29) is 18.3 Å². The Morgan fingerprint density at radius 2 is 2.13 bits per heavy atom. The number of nitrogens with zero attached hydrogens (tertiary/aromatic N) is 1. The van der Waals surface area contributed by atoms with Gasteiger partial charge in [0, 0.05) is 24.4 Å². The lowest BCUT2D eigenvalue weighted by atomic mass is 10.2. The summed E-state index contributed by atoms with van der Waals surface area (Å²) < 4.78 is 5.48. The van der Waals surface area contributed by atoms with E-state index < -0.39 is 12.1 Å². The van der Waals surface area contributed by atoms with Gasteiger partial charge in [-0.15, -0.1) is 11.3 Å². The van der Waals surface area contributed by atoms with Gasteiger partial charge in [-0.3, -0.25) is 0 Å². The molecule has 0 radical (unpaired) electrons. The number of aliphatic hydroxyl groups excluding tert-OH is 1. The van der Waals surface area contributed by atoms with Gasteiger partial charge in [0.15, 0.2) is 5.69 Å². The number of carboxylic acid groups (broad SMARTS) is 1. The third-order valence-electron chi connectivity index (χ3n) is 3.14. The van der Waals surface area contributed by atoms with Crippen molar-refractivity contribution in [1.82, 2.24) is 10.3 Å². The molecule has 0 bridgehead atoms. The summed E-state index contributed by atoms with van der Waals surface area (Å²) in [5.41, 5.74) is 0.0773. The molecule has 2 unspecified atom stereocenters. The first kappa shape index (κ1) is 17.4. The molecular weight excluding hydrogens is 316 g/mol. The summed E-state index contributed by atoms with van der Waals surface area (Å²) in [6.07, 6.45) is -0.00644. The molecule has 1 heterocycles. The van der Waals surface area contributed by atoms with Gasteiger partial charge in [0.2, 0.25) is 0 Å². The number of aliphatic hydroxyl groups is 1. The van der Waals surface area contributed by atoms with E-state index in [0.29, 0.717) is 13.0 Å². The molecule has 0 aliphatic heterocycles. The van der Waals surface area contributed by atoms with Crippen LogP contribution < -0.4 is 10.1 Å². The van der Waals surface area contributed by atoms with Crippen molar-refractivity contribution >= 4 is 17.3 Å². The minimum Gasteiger partial charge on any atom is -0.491 e. The second-order valence-electron chi connectivity index (χ2n) is 5.22. The molecule has 0 spiro atoms. The van der Waals surface area contributed by atoms with Crippen LogP contribution in [-0.4, -0.2) is 46.5 Å².